The van der Waals surface area contributed by atoms with E-state index in [1.165, 1.54) is 0 Å². The Balaban J connectivity index is 2.34. The summed E-state index contributed by atoms with van der Waals surface area (Å²) in [5.41, 5.74) is 0.686. The van der Waals surface area contributed by atoms with Crippen LogP contribution in [0.25, 0.3) is 0 Å². The van der Waals surface area contributed by atoms with E-state index in [1.807, 2.05) is 12.1 Å². The minimum atomic E-state index is -1.73. The fourth-order valence-corrected chi connectivity index (χ4v) is 3.78. The van der Waals surface area contributed by atoms with Crippen LogP contribution in [0.15, 0.2) is 18.2 Å². The number of nitrogens with zero attached hydrogens (tertiary/aromatic N) is 2. The van der Waals surface area contributed by atoms with E-state index in [1.54, 1.807) is 6.92 Å². The molecule has 0 amide bonds. The summed E-state index contributed by atoms with van der Waals surface area (Å²) in [5, 5.41) is 28.4. The summed E-state index contributed by atoms with van der Waals surface area (Å²) in [4.78, 5) is 0. The first-order valence-corrected chi connectivity index (χ1v) is 8.12. The molecule has 0 spiro atoms. The van der Waals surface area contributed by atoms with Crippen LogP contribution in [0.5, 0.6) is 0 Å². The van der Waals surface area contributed by atoms with Gasteiger partial charge in [0.05, 0.1) is 22.2 Å². The third kappa shape index (κ3) is 2.72. The number of nitriles is 2. The number of rotatable bonds is 1. The van der Waals surface area contributed by atoms with Gasteiger partial charge in [0.15, 0.2) is 0 Å². The second-order valence-corrected chi connectivity index (χ2v) is 6.57. The zero-order valence-corrected chi connectivity index (χ0v) is 14.3. The van der Waals surface area contributed by atoms with Crippen LogP contribution < -0.4 is 0 Å². The summed E-state index contributed by atoms with van der Waals surface area (Å²) >= 11 is 5.83. The van der Waals surface area contributed by atoms with E-state index in [2.05, 4.69) is 0 Å². The lowest BCUT2D eigenvalue weighted by molar-refractivity contribution is 0.0599. The molecule has 1 aliphatic rings. The number of fused-ring (bicyclic) bond motifs is 1. The summed E-state index contributed by atoms with van der Waals surface area (Å²) in [5.74, 6) is -2.44. The Bertz CT molecular complexity index is 994. The molecular weight excluding hydrogens is 365 g/mol. The standard InChI is InChI=1S/C19H12ClF3N2O/c1-8-11(4-15(22)18(20)14(8)7-25)12-5-16(23)19(26)13-3-10(21)2-9(6-24)17(12)13/h2-4,12,16,19,26H,5H2,1H3/t12-,16+,19+/m1/s1. The maximum absolute atomic E-state index is 14.4. The quantitative estimate of drug-likeness (QED) is 0.792. The van der Waals surface area contributed by atoms with Gasteiger partial charge in [0.25, 0.3) is 0 Å². The van der Waals surface area contributed by atoms with Crippen molar-refractivity contribution in [2.45, 2.75) is 31.5 Å². The molecule has 3 atom stereocenters. The van der Waals surface area contributed by atoms with E-state index in [0.717, 1.165) is 18.2 Å². The highest BCUT2D eigenvalue weighted by molar-refractivity contribution is 6.32. The van der Waals surface area contributed by atoms with Gasteiger partial charge >= 0.3 is 0 Å². The molecular formula is C19H12ClF3N2O. The van der Waals surface area contributed by atoms with E-state index in [-0.39, 0.29) is 39.3 Å². The highest BCUT2D eigenvalue weighted by atomic mass is 35.5. The first-order chi connectivity index (χ1) is 12.3. The SMILES string of the molecule is Cc1c([C@H]2C[C@H](F)[C@@H](O)c3cc(F)cc(C#N)c32)cc(F)c(Cl)c1C#N. The van der Waals surface area contributed by atoms with Crippen molar-refractivity contribution in [1.29, 1.82) is 10.5 Å². The van der Waals surface area contributed by atoms with E-state index in [0.29, 0.717) is 5.56 Å². The lowest BCUT2D eigenvalue weighted by Gasteiger charge is -2.33. The third-order valence-corrected chi connectivity index (χ3v) is 5.14. The van der Waals surface area contributed by atoms with Gasteiger partial charge in [-0.1, -0.05) is 11.6 Å². The maximum atomic E-state index is 14.4. The molecule has 1 aliphatic carbocycles. The van der Waals surface area contributed by atoms with Crippen molar-refractivity contribution in [2.75, 3.05) is 0 Å². The number of hydrogen-bond acceptors (Lipinski definition) is 3. The number of halogens is 4. The Morgan fingerprint density at radius 1 is 1.15 bits per heavy atom. The van der Waals surface area contributed by atoms with Gasteiger partial charge in [0.1, 0.15) is 30.0 Å². The van der Waals surface area contributed by atoms with Gasteiger partial charge in [-0.2, -0.15) is 10.5 Å². The Labute approximate surface area is 152 Å². The largest absolute Gasteiger partial charge is 0.385 e. The van der Waals surface area contributed by atoms with E-state index in [4.69, 9.17) is 11.6 Å². The van der Waals surface area contributed by atoms with Gasteiger partial charge in [-0.3, -0.25) is 0 Å². The van der Waals surface area contributed by atoms with Crippen molar-refractivity contribution < 1.29 is 18.3 Å². The van der Waals surface area contributed by atoms with Crippen molar-refractivity contribution >= 4 is 11.6 Å². The molecule has 0 bridgehead atoms. The third-order valence-electron chi connectivity index (χ3n) is 4.77. The average molecular weight is 377 g/mol. The fraction of sp³-hybridized carbons (Fsp3) is 0.263. The van der Waals surface area contributed by atoms with Crippen LogP contribution in [0.2, 0.25) is 5.02 Å². The molecule has 0 unspecified atom stereocenters. The molecule has 0 aromatic heterocycles. The lowest BCUT2D eigenvalue weighted by atomic mass is 9.73. The van der Waals surface area contributed by atoms with Crippen LogP contribution in [0.4, 0.5) is 13.2 Å². The van der Waals surface area contributed by atoms with Crippen LogP contribution in [0.3, 0.4) is 0 Å². The molecule has 7 heteroatoms. The molecule has 0 saturated carbocycles. The summed E-state index contributed by atoms with van der Waals surface area (Å²) < 4.78 is 42.4. The van der Waals surface area contributed by atoms with Gasteiger partial charge in [0, 0.05) is 5.92 Å². The zero-order valence-electron chi connectivity index (χ0n) is 13.5. The molecule has 0 radical (unpaired) electrons. The highest BCUT2D eigenvalue weighted by Crippen LogP contribution is 2.46. The van der Waals surface area contributed by atoms with E-state index in [9.17, 15) is 28.8 Å². The van der Waals surface area contributed by atoms with Gasteiger partial charge in [-0.05, 0) is 53.8 Å². The molecule has 26 heavy (non-hydrogen) atoms. The monoisotopic (exact) mass is 376 g/mol. The topological polar surface area (TPSA) is 67.8 Å². The minimum Gasteiger partial charge on any atom is -0.385 e. The van der Waals surface area contributed by atoms with Crippen LogP contribution in [0, 0.1) is 41.2 Å². The second-order valence-electron chi connectivity index (χ2n) is 6.19. The molecule has 3 nitrogen and oxygen atoms in total. The smallest absolute Gasteiger partial charge is 0.143 e. The fourth-order valence-electron chi connectivity index (χ4n) is 3.55. The molecule has 0 heterocycles. The zero-order chi connectivity index (χ0) is 19.2. The molecule has 1 N–H and O–H groups in total. The van der Waals surface area contributed by atoms with Gasteiger partial charge in [-0.25, -0.2) is 13.2 Å². The molecule has 0 fully saturated rings. The van der Waals surface area contributed by atoms with Gasteiger partial charge in [-0.15, -0.1) is 0 Å². The average Bonchev–Trinajstić information content (AvgIpc) is 2.61. The molecule has 0 aliphatic heterocycles. The Hall–Kier alpha value is -2.54. The maximum Gasteiger partial charge on any atom is 0.143 e. The van der Waals surface area contributed by atoms with E-state index >= 15 is 0 Å². The van der Waals surface area contributed by atoms with Crippen molar-refractivity contribution in [3.63, 3.8) is 0 Å². The normalized spacial score (nSPS) is 21.6. The Morgan fingerprint density at radius 3 is 2.46 bits per heavy atom. The van der Waals surface area contributed by atoms with Crippen molar-refractivity contribution in [1.82, 2.24) is 0 Å². The predicted octanol–water partition coefficient (Wildman–Crippen LogP) is 4.58. The van der Waals surface area contributed by atoms with Crippen LogP contribution in [-0.4, -0.2) is 11.3 Å². The van der Waals surface area contributed by atoms with Crippen LogP contribution >= 0.6 is 11.6 Å². The number of aliphatic hydroxyl groups is 1. The summed E-state index contributed by atoms with van der Waals surface area (Å²) in [6.07, 6.45) is -3.55. The second kappa shape index (κ2) is 6.64. The molecule has 3 rings (SSSR count). The molecule has 0 saturated heterocycles. The number of hydrogen-bond donors (Lipinski definition) is 1. The minimum absolute atomic E-state index is 0.0430. The van der Waals surface area contributed by atoms with Crippen molar-refractivity contribution in [2.24, 2.45) is 0 Å². The number of aliphatic hydroxyl groups excluding tert-OH is 1. The van der Waals surface area contributed by atoms with Crippen LogP contribution in [0.1, 0.15) is 51.8 Å². The lowest BCUT2D eigenvalue weighted by Crippen LogP contribution is -2.27. The summed E-state index contributed by atoms with van der Waals surface area (Å²) in [7, 11) is 0. The Morgan fingerprint density at radius 2 is 1.85 bits per heavy atom. The number of benzene rings is 2. The Kier molecular flexibility index (Phi) is 4.66. The summed E-state index contributed by atoms with van der Waals surface area (Å²) in [6.45, 7) is 1.55. The first-order valence-electron chi connectivity index (χ1n) is 7.74. The van der Waals surface area contributed by atoms with Crippen molar-refractivity contribution in [3.8, 4) is 12.1 Å². The van der Waals surface area contributed by atoms with Crippen LogP contribution in [-0.2, 0) is 0 Å². The first kappa shape index (κ1) is 18.3. The van der Waals surface area contributed by atoms with Crippen molar-refractivity contribution in [3.05, 3.63) is 68.2 Å². The highest BCUT2D eigenvalue weighted by Gasteiger charge is 2.38. The molecule has 2 aromatic carbocycles. The van der Waals surface area contributed by atoms with E-state index < -0.39 is 29.8 Å². The molecule has 2 aromatic rings. The summed E-state index contributed by atoms with van der Waals surface area (Å²) in [6, 6.07) is 6.74. The molecule has 132 valence electrons. The van der Waals surface area contributed by atoms with Gasteiger partial charge < -0.3 is 5.11 Å². The number of alkyl halides is 1. The van der Waals surface area contributed by atoms with Gasteiger partial charge in [0.2, 0.25) is 0 Å². The predicted molar refractivity (Wildman–Crippen MR) is 88.3 cm³/mol.